The summed E-state index contributed by atoms with van der Waals surface area (Å²) < 4.78 is 24.3. The summed E-state index contributed by atoms with van der Waals surface area (Å²) in [5, 5.41) is 18.1. The molecular formula is C15H12FNO3. The second-order valence-electron chi connectivity index (χ2n) is 4.00. The molecule has 0 saturated heterocycles. The topological polar surface area (TPSA) is 62.5 Å². The summed E-state index contributed by atoms with van der Waals surface area (Å²) >= 11 is 0. The van der Waals surface area contributed by atoms with E-state index in [0.29, 0.717) is 16.9 Å². The normalized spacial score (nSPS) is 9.90. The van der Waals surface area contributed by atoms with Crippen molar-refractivity contribution < 1.29 is 19.0 Å². The van der Waals surface area contributed by atoms with E-state index in [-0.39, 0.29) is 18.1 Å². The van der Waals surface area contributed by atoms with Crippen LogP contribution in [0.1, 0.15) is 11.1 Å². The summed E-state index contributed by atoms with van der Waals surface area (Å²) in [7, 11) is 1.46. The first-order valence-electron chi connectivity index (χ1n) is 5.83. The molecule has 5 heteroatoms. The highest BCUT2D eigenvalue weighted by Gasteiger charge is 2.11. The van der Waals surface area contributed by atoms with E-state index in [9.17, 15) is 9.50 Å². The lowest BCUT2D eigenvalue weighted by Gasteiger charge is -2.12. The number of aliphatic hydroxyl groups excluding tert-OH is 1. The molecule has 4 nitrogen and oxygen atoms in total. The minimum atomic E-state index is -0.585. The van der Waals surface area contributed by atoms with Crippen molar-refractivity contribution in [3.63, 3.8) is 0 Å². The van der Waals surface area contributed by atoms with E-state index in [4.69, 9.17) is 14.7 Å². The van der Waals surface area contributed by atoms with E-state index in [0.717, 1.165) is 0 Å². The first-order valence-corrected chi connectivity index (χ1v) is 5.83. The van der Waals surface area contributed by atoms with E-state index in [1.165, 1.54) is 31.4 Å². The molecule has 2 aromatic carbocycles. The number of ether oxygens (including phenoxy) is 2. The van der Waals surface area contributed by atoms with Gasteiger partial charge in [-0.15, -0.1) is 0 Å². The number of halogens is 1. The van der Waals surface area contributed by atoms with Crippen LogP contribution in [0, 0.1) is 17.1 Å². The van der Waals surface area contributed by atoms with Crippen molar-refractivity contribution in [2.45, 2.75) is 6.61 Å². The SMILES string of the molecule is COc1cc(C#N)cc(Oc2c(F)cccc2CO)c1. The molecule has 102 valence electrons. The molecule has 0 unspecified atom stereocenters. The largest absolute Gasteiger partial charge is 0.497 e. The molecule has 0 radical (unpaired) electrons. The van der Waals surface area contributed by atoms with Crippen molar-refractivity contribution in [1.29, 1.82) is 5.26 Å². The molecule has 0 fully saturated rings. The van der Waals surface area contributed by atoms with Crippen LogP contribution in [-0.2, 0) is 6.61 Å². The Morgan fingerprint density at radius 3 is 2.65 bits per heavy atom. The molecule has 2 aromatic rings. The summed E-state index contributed by atoms with van der Waals surface area (Å²) in [5.74, 6) is 0.0478. The first-order chi connectivity index (χ1) is 9.67. The highest BCUT2D eigenvalue weighted by Crippen LogP contribution is 2.31. The molecule has 2 rings (SSSR count). The van der Waals surface area contributed by atoms with Crippen molar-refractivity contribution >= 4 is 0 Å². The zero-order valence-electron chi connectivity index (χ0n) is 10.8. The molecule has 20 heavy (non-hydrogen) atoms. The lowest BCUT2D eigenvalue weighted by molar-refractivity contribution is 0.274. The zero-order valence-corrected chi connectivity index (χ0v) is 10.8. The van der Waals surface area contributed by atoms with Gasteiger partial charge in [-0.1, -0.05) is 12.1 Å². The number of rotatable bonds is 4. The maximum atomic E-state index is 13.8. The zero-order chi connectivity index (χ0) is 14.5. The summed E-state index contributed by atoms with van der Waals surface area (Å²) in [6.45, 7) is -0.345. The standard InChI is InChI=1S/C15H12FNO3/c1-19-12-5-10(8-17)6-13(7-12)20-15-11(9-18)3-2-4-14(15)16/h2-7,18H,9H2,1H3. The number of hydrogen-bond acceptors (Lipinski definition) is 4. The lowest BCUT2D eigenvalue weighted by Crippen LogP contribution is -1.96. The predicted molar refractivity (Wildman–Crippen MR) is 70.1 cm³/mol. The Morgan fingerprint density at radius 1 is 1.25 bits per heavy atom. The fourth-order valence-electron chi connectivity index (χ4n) is 1.72. The van der Waals surface area contributed by atoms with Crippen LogP contribution in [0.4, 0.5) is 4.39 Å². The van der Waals surface area contributed by atoms with Crippen molar-refractivity contribution in [2.24, 2.45) is 0 Å². The molecule has 0 heterocycles. The summed E-state index contributed by atoms with van der Waals surface area (Å²) in [5.41, 5.74) is 0.660. The highest BCUT2D eigenvalue weighted by molar-refractivity contribution is 5.46. The Balaban J connectivity index is 2.42. The Bertz CT molecular complexity index is 665. The third kappa shape index (κ3) is 2.87. The Morgan fingerprint density at radius 2 is 2.00 bits per heavy atom. The number of benzene rings is 2. The second-order valence-corrected chi connectivity index (χ2v) is 4.00. The van der Waals surface area contributed by atoms with Crippen molar-refractivity contribution in [3.8, 4) is 23.3 Å². The van der Waals surface area contributed by atoms with Crippen LogP contribution in [-0.4, -0.2) is 12.2 Å². The lowest BCUT2D eigenvalue weighted by atomic mass is 10.2. The van der Waals surface area contributed by atoms with Crippen LogP contribution in [0.25, 0.3) is 0 Å². The summed E-state index contributed by atoms with van der Waals surface area (Å²) in [6, 6.07) is 10.8. The van der Waals surface area contributed by atoms with Gasteiger partial charge in [0, 0.05) is 11.6 Å². The van der Waals surface area contributed by atoms with Crippen LogP contribution in [0.3, 0.4) is 0 Å². The van der Waals surface area contributed by atoms with Crippen molar-refractivity contribution in [3.05, 3.63) is 53.3 Å². The molecule has 0 aliphatic rings. The number of nitriles is 1. The fraction of sp³-hybridized carbons (Fsp3) is 0.133. The smallest absolute Gasteiger partial charge is 0.168 e. The van der Waals surface area contributed by atoms with Gasteiger partial charge in [0.2, 0.25) is 0 Å². The molecule has 0 aromatic heterocycles. The van der Waals surface area contributed by atoms with Crippen LogP contribution in [0.2, 0.25) is 0 Å². The Kier molecular flexibility index (Phi) is 4.18. The van der Waals surface area contributed by atoms with E-state index >= 15 is 0 Å². The average Bonchev–Trinajstić information content (AvgIpc) is 2.48. The number of para-hydroxylation sites is 1. The van der Waals surface area contributed by atoms with E-state index in [2.05, 4.69) is 0 Å². The van der Waals surface area contributed by atoms with Gasteiger partial charge < -0.3 is 14.6 Å². The number of methoxy groups -OCH3 is 1. The van der Waals surface area contributed by atoms with Crippen molar-refractivity contribution in [2.75, 3.05) is 7.11 Å². The van der Waals surface area contributed by atoms with Gasteiger partial charge in [-0.05, 0) is 18.2 Å². The molecule has 0 atom stereocenters. The molecule has 0 bridgehead atoms. The number of hydrogen-bond donors (Lipinski definition) is 1. The van der Waals surface area contributed by atoms with Crippen LogP contribution >= 0.6 is 0 Å². The molecular weight excluding hydrogens is 261 g/mol. The van der Waals surface area contributed by atoms with Gasteiger partial charge in [0.05, 0.1) is 25.3 Å². The quantitative estimate of drug-likeness (QED) is 0.930. The van der Waals surface area contributed by atoms with E-state index < -0.39 is 5.82 Å². The van der Waals surface area contributed by atoms with Gasteiger partial charge in [0.1, 0.15) is 11.5 Å². The minimum absolute atomic E-state index is 0.0628. The first kappa shape index (κ1) is 13.8. The molecule has 0 amide bonds. The van der Waals surface area contributed by atoms with Gasteiger partial charge in [-0.3, -0.25) is 0 Å². The van der Waals surface area contributed by atoms with Crippen LogP contribution in [0.15, 0.2) is 36.4 Å². The van der Waals surface area contributed by atoms with Gasteiger partial charge >= 0.3 is 0 Å². The third-order valence-corrected chi connectivity index (χ3v) is 2.68. The fourth-order valence-corrected chi connectivity index (χ4v) is 1.72. The van der Waals surface area contributed by atoms with Crippen LogP contribution in [0.5, 0.6) is 17.2 Å². The maximum Gasteiger partial charge on any atom is 0.168 e. The highest BCUT2D eigenvalue weighted by atomic mass is 19.1. The maximum absolute atomic E-state index is 13.8. The van der Waals surface area contributed by atoms with Gasteiger partial charge in [-0.25, -0.2) is 4.39 Å². The van der Waals surface area contributed by atoms with Crippen LogP contribution < -0.4 is 9.47 Å². The second kappa shape index (κ2) is 6.04. The number of nitrogens with zero attached hydrogens (tertiary/aromatic N) is 1. The summed E-state index contributed by atoms with van der Waals surface area (Å²) in [4.78, 5) is 0. The van der Waals surface area contributed by atoms with E-state index in [1.54, 1.807) is 12.1 Å². The monoisotopic (exact) mass is 273 g/mol. The van der Waals surface area contributed by atoms with Gasteiger partial charge in [0.25, 0.3) is 0 Å². The minimum Gasteiger partial charge on any atom is -0.497 e. The molecule has 0 spiro atoms. The van der Waals surface area contributed by atoms with Crippen molar-refractivity contribution in [1.82, 2.24) is 0 Å². The average molecular weight is 273 g/mol. The molecule has 0 aliphatic heterocycles. The third-order valence-electron chi connectivity index (χ3n) is 2.68. The number of aliphatic hydroxyl groups is 1. The molecule has 1 N–H and O–H groups in total. The predicted octanol–water partition coefficient (Wildman–Crippen LogP) is 2.99. The van der Waals surface area contributed by atoms with E-state index in [1.807, 2.05) is 6.07 Å². The van der Waals surface area contributed by atoms with Gasteiger partial charge in [0.15, 0.2) is 11.6 Å². The Labute approximate surface area is 115 Å². The molecule has 0 saturated carbocycles. The summed E-state index contributed by atoms with van der Waals surface area (Å²) in [6.07, 6.45) is 0. The molecule has 0 aliphatic carbocycles. The van der Waals surface area contributed by atoms with Gasteiger partial charge in [-0.2, -0.15) is 5.26 Å². The Hall–Kier alpha value is -2.58.